The Morgan fingerprint density at radius 2 is 0.613 bits per heavy atom. The summed E-state index contributed by atoms with van der Waals surface area (Å²) in [6.45, 7) is 4.16. The van der Waals surface area contributed by atoms with Gasteiger partial charge in [-0.25, -0.2) is 0 Å². The average molecular weight is 580 g/mol. The van der Waals surface area contributed by atoms with Gasteiger partial charge >= 0.3 is 0 Å². The van der Waals surface area contributed by atoms with Gasteiger partial charge in [0.25, 0.3) is 0 Å². The van der Waals surface area contributed by atoms with E-state index in [4.69, 9.17) is 0 Å². The van der Waals surface area contributed by atoms with Gasteiger partial charge in [0.15, 0.2) is 0 Å². The summed E-state index contributed by atoms with van der Waals surface area (Å²) in [5.41, 5.74) is 6.76. The van der Waals surface area contributed by atoms with E-state index in [2.05, 4.69) is 61.8 Å². The Morgan fingerprint density at radius 1 is 0.355 bits per heavy atom. The minimum Gasteiger partial charge on any atom is -0.0622 e. The van der Waals surface area contributed by atoms with Crippen molar-refractivity contribution < 1.29 is 21.1 Å². The van der Waals surface area contributed by atoms with Crippen LogP contribution in [0.4, 0.5) is 0 Å². The van der Waals surface area contributed by atoms with Crippen molar-refractivity contribution in [3.8, 4) is 23.7 Å². The molecule has 0 saturated carbocycles. The molecule has 4 aromatic carbocycles. The molecule has 4 rings (SSSR count). The number of hydrogen-bond acceptors (Lipinski definition) is 0. The van der Waals surface area contributed by atoms with Gasteiger partial charge in [0.1, 0.15) is 0 Å². The molecule has 31 heavy (non-hydrogen) atoms. The Balaban J connectivity index is 0.000000213. The maximum Gasteiger partial charge on any atom is 0.0249 e. The fraction of sp³-hybridized carbons (Fsp3) is 0.0667. The van der Waals surface area contributed by atoms with E-state index in [-0.39, 0.29) is 21.1 Å². The Bertz CT molecular complexity index is 1070. The molecular formula is C30H24Pt. The van der Waals surface area contributed by atoms with Crippen LogP contribution in [0.1, 0.15) is 33.4 Å². The summed E-state index contributed by atoms with van der Waals surface area (Å²) in [4.78, 5) is 0. The zero-order valence-corrected chi connectivity index (χ0v) is 20.0. The Hall–Kier alpha value is -3.31. The molecule has 4 aromatic rings. The van der Waals surface area contributed by atoms with E-state index in [9.17, 15) is 0 Å². The monoisotopic (exact) mass is 579 g/mol. The van der Waals surface area contributed by atoms with E-state index in [1.807, 2.05) is 84.9 Å². The molecule has 0 aliphatic rings. The Labute approximate surface area is 200 Å². The van der Waals surface area contributed by atoms with Crippen LogP contribution in [-0.2, 0) is 21.1 Å². The van der Waals surface area contributed by atoms with Crippen LogP contribution >= 0.6 is 0 Å². The predicted molar refractivity (Wildman–Crippen MR) is 127 cm³/mol. The maximum absolute atomic E-state index is 3.14. The first-order chi connectivity index (χ1) is 14.7. The molecule has 1 heteroatoms. The van der Waals surface area contributed by atoms with Crippen LogP contribution < -0.4 is 0 Å². The van der Waals surface area contributed by atoms with E-state index >= 15 is 0 Å². The topological polar surface area (TPSA) is 0 Å². The first-order valence-corrected chi connectivity index (χ1v) is 9.96. The van der Waals surface area contributed by atoms with E-state index in [0.717, 1.165) is 22.3 Å². The van der Waals surface area contributed by atoms with E-state index < -0.39 is 0 Å². The summed E-state index contributed by atoms with van der Waals surface area (Å²) in [5, 5.41) is 0. The number of hydrogen-bond donors (Lipinski definition) is 0. The van der Waals surface area contributed by atoms with Crippen molar-refractivity contribution in [2.45, 2.75) is 13.8 Å². The molecule has 0 fully saturated rings. The molecule has 0 saturated heterocycles. The van der Waals surface area contributed by atoms with Crippen LogP contribution in [0.2, 0.25) is 0 Å². The molecule has 0 aliphatic heterocycles. The van der Waals surface area contributed by atoms with E-state index in [1.54, 1.807) is 0 Å². The molecule has 0 unspecified atom stereocenters. The smallest absolute Gasteiger partial charge is 0.0249 e. The first-order valence-electron chi connectivity index (χ1n) is 9.96. The first kappa shape index (κ1) is 24.0. The predicted octanol–water partition coefficient (Wildman–Crippen LogP) is 6.79. The standard InChI is InChI=1S/2C15H12.Pt/c2*1-13-7-9-15(10-8-13)12-11-14-5-3-2-4-6-14;/h2*2-10H,1H3;. The van der Waals surface area contributed by atoms with Crippen molar-refractivity contribution in [1.29, 1.82) is 0 Å². The summed E-state index contributed by atoms with van der Waals surface area (Å²) >= 11 is 0. The van der Waals surface area contributed by atoms with Crippen molar-refractivity contribution in [3.05, 3.63) is 143 Å². The van der Waals surface area contributed by atoms with Crippen LogP contribution in [0.5, 0.6) is 0 Å². The molecule has 0 aromatic heterocycles. The molecule has 0 atom stereocenters. The Morgan fingerprint density at radius 3 is 0.903 bits per heavy atom. The van der Waals surface area contributed by atoms with Gasteiger partial charge in [0.2, 0.25) is 0 Å². The molecule has 0 bridgehead atoms. The van der Waals surface area contributed by atoms with Gasteiger partial charge in [0, 0.05) is 43.3 Å². The largest absolute Gasteiger partial charge is 0.0622 e. The summed E-state index contributed by atoms with van der Waals surface area (Å²) in [6, 6.07) is 36.6. The molecule has 0 heterocycles. The van der Waals surface area contributed by atoms with Gasteiger partial charge in [0.05, 0.1) is 0 Å². The molecular weight excluding hydrogens is 555 g/mol. The van der Waals surface area contributed by atoms with Crippen LogP contribution in [0.15, 0.2) is 109 Å². The minimum absolute atomic E-state index is 0. The van der Waals surface area contributed by atoms with Crippen LogP contribution in [0, 0.1) is 37.5 Å². The van der Waals surface area contributed by atoms with Crippen molar-refractivity contribution in [1.82, 2.24) is 0 Å². The van der Waals surface area contributed by atoms with Gasteiger partial charge in [-0.15, -0.1) is 0 Å². The number of aryl methyl sites for hydroxylation is 2. The van der Waals surface area contributed by atoms with Crippen LogP contribution in [0.3, 0.4) is 0 Å². The van der Waals surface area contributed by atoms with Gasteiger partial charge in [-0.1, -0.05) is 95.5 Å². The third-order valence-corrected chi connectivity index (χ3v) is 4.35. The second-order valence-electron chi connectivity index (χ2n) is 6.96. The molecule has 154 valence electrons. The normalized spacial score (nSPS) is 8.84. The second kappa shape index (κ2) is 13.1. The number of benzene rings is 4. The zero-order chi connectivity index (χ0) is 21.0. The van der Waals surface area contributed by atoms with Gasteiger partial charge in [-0.05, 0) is 62.4 Å². The molecule has 0 aliphatic carbocycles. The van der Waals surface area contributed by atoms with Crippen LogP contribution in [0.25, 0.3) is 0 Å². The third-order valence-electron chi connectivity index (χ3n) is 4.35. The fourth-order valence-electron chi connectivity index (χ4n) is 2.61. The molecule has 0 N–H and O–H groups in total. The maximum atomic E-state index is 3.14. The minimum atomic E-state index is 0. The van der Waals surface area contributed by atoms with Crippen molar-refractivity contribution in [2.24, 2.45) is 0 Å². The quantitative estimate of drug-likeness (QED) is 0.202. The van der Waals surface area contributed by atoms with Gasteiger partial charge < -0.3 is 0 Å². The van der Waals surface area contributed by atoms with Gasteiger partial charge in [-0.2, -0.15) is 0 Å². The van der Waals surface area contributed by atoms with E-state index in [0.29, 0.717) is 0 Å². The van der Waals surface area contributed by atoms with E-state index in [1.165, 1.54) is 11.1 Å². The summed E-state index contributed by atoms with van der Waals surface area (Å²) in [6.07, 6.45) is 0. The molecule has 0 amide bonds. The van der Waals surface area contributed by atoms with Crippen LogP contribution in [-0.4, -0.2) is 0 Å². The fourth-order valence-corrected chi connectivity index (χ4v) is 2.61. The molecule has 0 radical (unpaired) electrons. The second-order valence-corrected chi connectivity index (χ2v) is 6.96. The third kappa shape index (κ3) is 8.93. The SMILES string of the molecule is Cc1ccc(C#Cc2ccccc2)cc1.Cc1ccc(C#Cc2ccccc2)cc1.[Pt]. The Kier molecular flexibility index (Phi) is 10.1. The summed E-state index contributed by atoms with van der Waals surface area (Å²) in [7, 11) is 0. The van der Waals surface area contributed by atoms with Gasteiger partial charge in [-0.3, -0.25) is 0 Å². The number of rotatable bonds is 0. The molecule has 0 nitrogen and oxygen atoms in total. The molecule has 0 spiro atoms. The zero-order valence-electron chi connectivity index (χ0n) is 17.7. The summed E-state index contributed by atoms with van der Waals surface area (Å²) < 4.78 is 0. The average Bonchev–Trinajstić information content (AvgIpc) is 2.80. The van der Waals surface area contributed by atoms with Crippen molar-refractivity contribution in [2.75, 3.05) is 0 Å². The van der Waals surface area contributed by atoms with Crippen molar-refractivity contribution >= 4 is 0 Å². The summed E-state index contributed by atoms with van der Waals surface area (Å²) in [5.74, 6) is 12.5. The van der Waals surface area contributed by atoms with Crippen molar-refractivity contribution in [3.63, 3.8) is 0 Å².